The van der Waals surface area contributed by atoms with Gasteiger partial charge in [0.1, 0.15) is 5.82 Å². The van der Waals surface area contributed by atoms with Gasteiger partial charge in [0.2, 0.25) is 0 Å². The molecule has 0 fully saturated rings. The lowest BCUT2D eigenvalue weighted by Crippen LogP contribution is -2.07. The topological polar surface area (TPSA) is 56.5 Å². The number of alkyl halides is 3. The summed E-state index contributed by atoms with van der Waals surface area (Å²) in [5.74, 6) is 1.90. The number of imidazole rings is 1. The summed E-state index contributed by atoms with van der Waals surface area (Å²) in [6.45, 7) is 0. The van der Waals surface area contributed by atoms with Crippen molar-refractivity contribution in [3.63, 3.8) is 0 Å². The van der Waals surface area contributed by atoms with Gasteiger partial charge in [0.25, 0.3) is 0 Å². The summed E-state index contributed by atoms with van der Waals surface area (Å²) in [7, 11) is 0. The second-order valence-corrected chi connectivity index (χ2v) is 9.89. The Morgan fingerprint density at radius 1 is 0.488 bits per heavy atom. The quantitative estimate of drug-likeness (QED) is 0.208. The van der Waals surface area contributed by atoms with Crippen LogP contribution in [0.25, 0.3) is 62.3 Å². The number of rotatable bonds is 5. The first-order valence-corrected chi connectivity index (χ1v) is 13.6. The minimum Gasteiger partial charge on any atom is -0.292 e. The second kappa shape index (κ2) is 10.6. The maximum absolute atomic E-state index is 13.7. The molecule has 0 spiro atoms. The molecule has 43 heavy (non-hydrogen) atoms. The van der Waals surface area contributed by atoms with Crippen LogP contribution < -0.4 is 0 Å². The third-order valence-corrected chi connectivity index (χ3v) is 7.10. The van der Waals surface area contributed by atoms with Crippen LogP contribution in [0.1, 0.15) is 5.56 Å². The van der Waals surface area contributed by atoms with Crippen molar-refractivity contribution in [2.45, 2.75) is 6.18 Å². The molecule has 7 aromatic rings. The highest BCUT2D eigenvalue weighted by molar-refractivity contribution is 5.87. The van der Waals surface area contributed by atoms with E-state index in [0.717, 1.165) is 23.3 Å². The molecule has 5 aromatic carbocycles. The predicted molar refractivity (Wildman–Crippen MR) is 161 cm³/mol. The van der Waals surface area contributed by atoms with Crippen molar-refractivity contribution < 1.29 is 13.2 Å². The van der Waals surface area contributed by atoms with Crippen LogP contribution in [0.2, 0.25) is 0 Å². The van der Waals surface area contributed by atoms with E-state index in [1.165, 1.54) is 6.07 Å². The molecule has 0 unspecified atom stereocenters. The van der Waals surface area contributed by atoms with Gasteiger partial charge in [0.05, 0.1) is 16.6 Å². The van der Waals surface area contributed by atoms with Crippen LogP contribution in [0.4, 0.5) is 13.2 Å². The molecule has 0 atom stereocenters. The summed E-state index contributed by atoms with van der Waals surface area (Å²) in [4.78, 5) is 19.5. The number of para-hydroxylation sites is 2. The molecule has 5 nitrogen and oxygen atoms in total. The van der Waals surface area contributed by atoms with Gasteiger partial charge < -0.3 is 0 Å². The van der Waals surface area contributed by atoms with E-state index < -0.39 is 11.7 Å². The minimum atomic E-state index is -4.49. The molecule has 2 aromatic heterocycles. The average molecular weight is 570 g/mol. The summed E-state index contributed by atoms with van der Waals surface area (Å²) in [6, 6.07) is 39.5. The highest BCUT2D eigenvalue weighted by Gasteiger charge is 2.31. The molecule has 0 bridgehead atoms. The first-order valence-electron chi connectivity index (χ1n) is 13.6. The zero-order valence-electron chi connectivity index (χ0n) is 22.6. The van der Waals surface area contributed by atoms with Crippen LogP contribution in [0.3, 0.4) is 0 Å². The number of aromatic nitrogens is 5. The molecule has 0 amide bonds. The lowest BCUT2D eigenvalue weighted by molar-refractivity contribution is -0.137. The van der Waals surface area contributed by atoms with Crippen molar-refractivity contribution in [3.8, 4) is 51.2 Å². The van der Waals surface area contributed by atoms with Crippen LogP contribution in [0, 0.1) is 0 Å². The SMILES string of the molecule is FC(F)(F)c1cccc(-n2c(-c3ccccc3-c3nc(-c4ccccc4)nc(-c4ccccc4)n3)nc3ccccc32)c1. The number of nitrogens with zero attached hydrogens (tertiary/aromatic N) is 5. The number of fused-ring (bicyclic) bond motifs is 1. The molecule has 0 aliphatic carbocycles. The molecule has 208 valence electrons. The zero-order chi connectivity index (χ0) is 29.4. The van der Waals surface area contributed by atoms with Crippen LogP contribution in [-0.2, 0) is 6.18 Å². The molecular formula is C35H22F3N5. The van der Waals surface area contributed by atoms with E-state index in [-0.39, 0.29) is 0 Å². The highest BCUT2D eigenvalue weighted by atomic mass is 19.4. The maximum Gasteiger partial charge on any atom is 0.416 e. The van der Waals surface area contributed by atoms with Gasteiger partial charge in [-0.3, -0.25) is 4.57 Å². The average Bonchev–Trinajstić information content (AvgIpc) is 3.45. The third kappa shape index (κ3) is 5.04. The van der Waals surface area contributed by atoms with E-state index in [1.54, 1.807) is 10.6 Å². The van der Waals surface area contributed by atoms with Gasteiger partial charge in [-0.2, -0.15) is 13.2 Å². The Balaban J connectivity index is 1.48. The third-order valence-electron chi connectivity index (χ3n) is 7.10. The largest absolute Gasteiger partial charge is 0.416 e. The molecule has 0 N–H and O–H groups in total. The van der Waals surface area contributed by atoms with Crippen LogP contribution in [0.5, 0.6) is 0 Å². The van der Waals surface area contributed by atoms with Gasteiger partial charge in [0, 0.05) is 27.9 Å². The summed E-state index contributed by atoms with van der Waals surface area (Å²) in [5.41, 5.74) is 3.93. The lowest BCUT2D eigenvalue weighted by atomic mass is 10.1. The van der Waals surface area contributed by atoms with Gasteiger partial charge in [-0.25, -0.2) is 19.9 Å². The van der Waals surface area contributed by atoms with Crippen molar-refractivity contribution in [1.29, 1.82) is 0 Å². The Kier molecular flexibility index (Phi) is 6.51. The first kappa shape index (κ1) is 26.3. The predicted octanol–water partition coefficient (Wildman–Crippen LogP) is 8.90. The van der Waals surface area contributed by atoms with Gasteiger partial charge in [-0.1, -0.05) is 103 Å². The highest BCUT2D eigenvalue weighted by Crippen LogP contribution is 2.37. The normalized spacial score (nSPS) is 11.6. The van der Waals surface area contributed by atoms with Gasteiger partial charge in [0.15, 0.2) is 17.5 Å². The lowest BCUT2D eigenvalue weighted by Gasteiger charge is -2.15. The standard InChI is InChI=1S/C35H22F3N5/c36-35(37,38)25-16-11-17-26(22-25)43-30-21-10-9-20-29(30)39-34(43)28-19-8-7-18-27(28)33-41-31(23-12-3-1-4-13-23)40-32(42-33)24-14-5-2-6-15-24/h1-22H. The van der Waals surface area contributed by atoms with Crippen molar-refractivity contribution in [2.75, 3.05) is 0 Å². The van der Waals surface area contributed by atoms with Crippen molar-refractivity contribution in [1.82, 2.24) is 24.5 Å². The van der Waals surface area contributed by atoms with Crippen LogP contribution in [-0.4, -0.2) is 24.5 Å². The molecule has 0 aliphatic heterocycles. The molecule has 0 saturated carbocycles. The van der Waals surface area contributed by atoms with Crippen molar-refractivity contribution >= 4 is 11.0 Å². The Bertz CT molecular complexity index is 2010. The van der Waals surface area contributed by atoms with Gasteiger partial charge in [-0.05, 0) is 30.3 Å². The molecule has 0 saturated heterocycles. The smallest absolute Gasteiger partial charge is 0.292 e. The fourth-order valence-electron chi connectivity index (χ4n) is 5.09. The van der Waals surface area contributed by atoms with Gasteiger partial charge >= 0.3 is 6.18 Å². The Morgan fingerprint density at radius 3 is 1.70 bits per heavy atom. The minimum absolute atomic E-state index is 0.346. The molecule has 0 aliphatic rings. The summed E-state index contributed by atoms with van der Waals surface area (Å²) in [5, 5.41) is 0. The number of hydrogen-bond acceptors (Lipinski definition) is 4. The number of benzene rings is 5. The zero-order valence-corrected chi connectivity index (χ0v) is 22.6. The molecule has 7 rings (SSSR count). The van der Waals surface area contributed by atoms with Crippen molar-refractivity contribution in [2.24, 2.45) is 0 Å². The van der Waals surface area contributed by atoms with E-state index in [2.05, 4.69) is 0 Å². The monoisotopic (exact) mass is 569 g/mol. The Morgan fingerprint density at radius 2 is 1.05 bits per heavy atom. The Labute approximate surface area is 245 Å². The summed E-state index contributed by atoms with van der Waals surface area (Å²) < 4.78 is 43.0. The van der Waals surface area contributed by atoms with E-state index in [4.69, 9.17) is 19.9 Å². The Hall–Kier alpha value is -5.63. The molecule has 8 heteroatoms. The summed E-state index contributed by atoms with van der Waals surface area (Å²) >= 11 is 0. The molecular weight excluding hydrogens is 547 g/mol. The molecule has 0 radical (unpaired) electrons. The van der Waals surface area contributed by atoms with Gasteiger partial charge in [-0.15, -0.1) is 0 Å². The van der Waals surface area contributed by atoms with Crippen molar-refractivity contribution in [3.05, 3.63) is 139 Å². The van der Waals surface area contributed by atoms with Crippen LogP contribution >= 0.6 is 0 Å². The fraction of sp³-hybridized carbons (Fsp3) is 0.0286. The number of hydrogen-bond donors (Lipinski definition) is 0. The number of halogens is 3. The van der Waals surface area contributed by atoms with E-state index in [0.29, 0.717) is 51.1 Å². The first-order chi connectivity index (χ1) is 21.0. The second-order valence-electron chi connectivity index (χ2n) is 9.89. The van der Waals surface area contributed by atoms with E-state index in [9.17, 15) is 13.2 Å². The van der Waals surface area contributed by atoms with Crippen LogP contribution in [0.15, 0.2) is 133 Å². The fourth-order valence-corrected chi connectivity index (χ4v) is 5.09. The van der Waals surface area contributed by atoms with E-state index in [1.807, 2.05) is 109 Å². The summed E-state index contributed by atoms with van der Waals surface area (Å²) in [6.07, 6.45) is -4.49. The maximum atomic E-state index is 13.7. The molecule has 2 heterocycles. The van der Waals surface area contributed by atoms with E-state index >= 15 is 0 Å².